The van der Waals surface area contributed by atoms with Crippen molar-refractivity contribution in [1.29, 1.82) is 0 Å². The number of benzene rings is 1. The Labute approximate surface area is 235 Å². The highest BCUT2D eigenvalue weighted by atomic mass is 35.5. The molecule has 2 N–H and O–H groups in total. The van der Waals surface area contributed by atoms with E-state index in [-0.39, 0.29) is 12.3 Å². The Kier molecular flexibility index (Phi) is 7.02. The van der Waals surface area contributed by atoms with Crippen molar-refractivity contribution in [1.82, 2.24) is 29.6 Å². The summed E-state index contributed by atoms with van der Waals surface area (Å²) >= 11 is 6.43. The van der Waals surface area contributed by atoms with Crippen LogP contribution in [0.15, 0.2) is 53.8 Å². The van der Waals surface area contributed by atoms with Crippen LogP contribution in [0.1, 0.15) is 32.2 Å². The lowest BCUT2D eigenvalue weighted by Gasteiger charge is -2.40. The van der Waals surface area contributed by atoms with Crippen LogP contribution in [0.3, 0.4) is 0 Å². The summed E-state index contributed by atoms with van der Waals surface area (Å²) in [7, 11) is 3.28. The molecular weight excluding hydrogens is 538 g/mol. The number of oxime groups is 1. The molecular formula is C27H30ClN7O5. The van der Waals surface area contributed by atoms with Gasteiger partial charge in [0.25, 0.3) is 5.91 Å². The number of halogens is 1. The van der Waals surface area contributed by atoms with E-state index in [4.69, 9.17) is 16.3 Å². The molecule has 210 valence electrons. The van der Waals surface area contributed by atoms with Gasteiger partial charge < -0.3 is 14.8 Å². The van der Waals surface area contributed by atoms with Crippen molar-refractivity contribution in [3.05, 3.63) is 65.1 Å². The molecule has 2 aliphatic heterocycles. The normalized spacial score (nSPS) is 22.2. The standard InChI is InChI=1S/C27H30ClN7O5/c1-27(2,3)40-26(38)35-15(13-16-17(28)9-8-11-19(16)35)14-34-24(36)21-23(33(5)25(34)37)30-22(32(21)4)20(31-39)18-10-6-7-12-29-18/h6-13,21-23,30,39H,14H2,1-5H3. The Hall–Kier alpha value is -4.00. The van der Waals surface area contributed by atoms with Gasteiger partial charge in [0, 0.05) is 23.7 Å². The van der Waals surface area contributed by atoms with Gasteiger partial charge in [0.05, 0.1) is 23.4 Å². The topological polar surface area (TPSA) is 133 Å². The van der Waals surface area contributed by atoms with Crippen LogP contribution in [0, 0.1) is 0 Å². The monoisotopic (exact) mass is 567 g/mol. The van der Waals surface area contributed by atoms with Gasteiger partial charge in [-0.3, -0.25) is 24.9 Å². The van der Waals surface area contributed by atoms with Crippen LogP contribution in [-0.2, 0) is 16.1 Å². The van der Waals surface area contributed by atoms with E-state index < -0.39 is 42.0 Å². The molecule has 2 aliphatic rings. The van der Waals surface area contributed by atoms with Gasteiger partial charge in [-0.2, -0.15) is 0 Å². The molecule has 0 radical (unpaired) electrons. The summed E-state index contributed by atoms with van der Waals surface area (Å²) in [6.45, 7) is 5.06. The van der Waals surface area contributed by atoms with Crippen molar-refractivity contribution in [2.45, 2.75) is 51.3 Å². The van der Waals surface area contributed by atoms with Crippen LogP contribution in [0.25, 0.3) is 10.9 Å². The molecule has 5 rings (SSSR count). The van der Waals surface area contributed by atoms with Gasteiger partial charge in [0.1, 0.15) is 29.7 Å². The number of aromatic nitrogens is 2. The second-order valence-corrected chi connectivity index (χ2v) is 11.2. The number of rotatable bonds is 4. The highest BCUT2D eigenvalue weighted by Crippen LogP contribution is 2.32. The zero-order valence-corrected chi connectivity index (χ0v) is 23.5. The van der Waals surface area contributed by atoms with E-state index in [1.54, 1.807) is 88.4 Å². The number of carbonyl (C=O) groups excluding carboxylic acids is 3. The van der Waals surface area contributed by atoms with Crippen molar-refractivity contribution < 1.29 is 24.3 Å². The lowest BCUT2D eigenvalue weighted by Crippen LogP contribution is -2.65. The maximum atomic E-state index is 13.9. The average Bonchev–Trinajstić information content (AvgIpc) is 3.44. The first kappa shape index (κ1) is 27.6. The molecule has 3 atom stereocenters. The maximum Gasteiger partial charge on any atom is 0.419 e. The lowest BCUT2D eigenvalue weighted by molar-refractivity contribution is -0.138. The van der Waals surface area contributed by atoms with Gasteiger partial charge in [0.2, 0.25) is 0 Å². The number of ether oxygens (including phenoxy) is 1. The first-order chi connectivity index (χ1) is 18.9. The molecule has 12 nitrogen and oxygen atoms in total. The third kappa shape index (κ3) is 4.67. The van der Waals surface area contributed by atoms with E-state index in [2.05, 4.69) is 15.5 Å². The number of carbonyl (C=O) groups is 3. The zero-order valence-electron chi connectivity index (χ0n) is 22.7. The second kappa shape index (κ2) is 10.2. The van der Waals surface area contributed by atoms with Crippen LogP contribution >= 0.6 is 11.6 Å². The smallest absolute Gasteiger partial charge is 0.419 e. The summed E-state index contributed by atoms with van der Waals surface area (Å²) in [5.41, 5.74) is 0.712. The summed E-state index contributed by atoms with van der Waals surface area (Å²) in [6.07, 6.45) is -0.484. The molecule has 0 saturated carbocycles. The van der Waals surface area contributed by atoms with E-state index in [0.29, 0.717) is 27.3 Å². The van der Waals surface area contributed by atoms with E-state index in [9.17, 15) is 19.6 Å². The number of imide groups is 1. The largest absolute Gasteiger partial charge is 0.443 e. The van der Waals surface area contributed by atoms with Crippen molar-refractivity contribution in [2.24, 2.45) is 5.16 Å². The highest BCUT2D eigenvalue weighted by molar-refractivity contribution is 6.35. The summed E-state index contributed by atoms with van der Waals surface area (Å²) in [4.78, 5) is 49.2. The van der Waals surface area contributed by atoms with Crippen LogP contribution in [0.5, 0.6) is 0 Å². The van der Waals surface area contributed by atoms with Gasteiger partial charge in [-0.1, -0.05) is 28.9 Å². The Morgan fingerprint density at radius 1 is 1.18 bits per heavy atom. The number of fused-ring (bicyclic) bond motifs is 2. The Morgan fingerprint density at radius 2 is 1.93 bits per heavy atom. The van der Waals surface area contributed by atoms with Crippen molar-refractivity contribution in [3.8, 4) is 0 Å². The predicted octanol–water partition coefficient (Wildman–Crippen LogP) is 3.30. The molecule has 2 saturated heterocycles. The highest BCUT2D eigenvalue weighted by Gasteiger charge is 2.54. The summed E-state index contributed by atoms with van der Waals surface area (Å²) in [5.74, 6) is -0.476. The molecule has 3 amide bonds. The van der Waals surface area contributed by atoms with Gasteiger partial charge in [-0.25, -0.2) is 14.2 Å². The Bertz CT molecular complexity index is 1520. The first-order valence-corrected chi connectivity index (χ1v) is 13.0. The Morgan fingerprint density at radius 3 is 2.58 bits per heavy atom. The molecule has 0 aliphatic carbocycles. The minimum atomic E-state index is -0.809. The van der Waals surface area contributed by atoms with Crippen molar-refractivity contribution in [3.63, 3.8) is 0 Å². The number of nitrogens with one attached hydrogen (secondary N) is 1. The van der Waals surface area contributed by atoms with Crippen LogP contribution < -0.4 is 5.32 Å². The number of nitrogens with zero attached hydrogens (tertiary/aromatic N) is 6. The molecule has 1 aromatic carbocycles. The third-order valence-electron chi connectivity index (χ3n) is 7.00. The number of amides is 3. The van der Waals surface area contributed by atoms with Crippen LogP contribution in [0.2, 0.25) is 5.02 Å². The fourth-order valence-corrected chi connectivity index (χ4v) is 5.40. The minimum Gasteiger partial charge on any atom is -0.443 e. The average molecular weight is 568 g/mol. The fraction of sp³-hybridized carbons (Fsp3) is 0.370. The van der Waals surface area contributed by atoms with Gasteiger partial charge in [-0.15, -0.1) is 0 Å². The van der Waals surface area contributed by atoms with Gasteiger partial charge in [0.15, 0.2) is 0 Å². The number of urea groups is 1. The second-order valence-electron chi connectivity index (χ2n) is 10.8. The molecule has 3 unspecified atom stereocenters. The summed E-state index contributed by atoms with van der Waals surface area (Å²) in [5, 5.41) is 17.5. The van der Waals surface area contributed by atoms with E-state index in [1.807, 2.05) is 0 Å². The molecule has 4 heterocycles. The number of hydrogen-bond donors (Lipinski definition) is 2. The quantitative estimate of drug-likeness (QED) is 0.279. The fourth-order valence-electron chi connectivity index (χ4n) is 5.18. The molecule has 13 heteroatoms. The molecule has 3 aromatic rings. The SMILES string of the molecule is CN1C(=O)N(Cc2cc3c(Cl)cccc3n2C(=O)OC(C)(C)C)C(=O)C2C1NC(C(=NO)c1ccccn1)N2C. The number of pyridine rings is 1. The third-order valence-corrected chi connectivity index (χ3v) is 7.33. The van der Waals surface area contributed by atoms with Crippen molar-refractivity contribution in [2.75, 3.05) is 14.1 Å². The van der Waals surface area contributed by atoms with E-state index in [1.165, 1.54) is 9.47 Å². The molecule has 40 heavy (non-hydrogen) atoms. The van der Waals surface area contributed by atoms with Crippen molar-refractivity contribution >= 4 is 46.2 Å². The van der Waals surface area contributed by atoms with Crippen LogP contribution in [-0.4, -0.2) is 91.3 Å². The van der Waals surface area contributed by atoms with Gasteiger partial charge >= 0.3 is 12.1 Å². The summed E-state index contributed by atoms with van der Waals surface area (Å²) in [6, 6.07) is 10.6. The molecule has 0 bridgehead atoms. The lowest BCUT2D eigenvalue weighted by atomic mass is 10.1. The molecule has 0 spiro atoms. The van der Waals surface area contributed by atoms with E-state index >= 15 is 0 Å². The first-order valence-electron chi connectivity index (χ1n) is 12.6. The molecule has 2 fully saturated rings. The number of hydrogen-bond acceptors (Lipinski definition) is 9. The molecule has 2 aromatic heterocycles. The Balaban J connectivity index is 1.50. The summed E-state index contributed by atoms with van der Waals surface area (Å²) < 4.78 is 6.98. The van der Waals surface area contributed by atoms with Gasteiger partial charge in [-0.05, 0) is 58.2 Å². The van der Waals surface area contributed by atoms with E-state index in [0.717, 1.165) is 4.90 Å². The van der Waals surface area contributed by atoms with Crippen LogP contribution in [0.4, 0.5) is 9.59 Å². The maximum absolute atomic E-state index is 13.9. The minimum absolute atomic E-state index is 0.199. The predicted molar refractivity (Wildman–Crippen MR) is 147 cm³/mol. The zero-order chi connectivity index (χ0) is 28.9. The number of likely N-dealkylation sites (N-methyl/N-ethyl adjacent to an activating group) is 2.